The topological polar surface area (TPSA) is 142 Å². The summed E-state index contributed by atoms with van der Waals surface area (Å²) in [5, 5.41) is 11.5. The first-order valence-electron chi connectivity index (χ1n) is 10.8. The summed E-state index contributed by atoms with van der Waals surface area (Å²) in [6, 6.07) is 1.73. The molecule has 0 radical (unpaired) electrons. The number of amides is 3. The number of likely N-dealkylation sites (tertiary alicyclic amines) is 2. The number of aromatic nitrogens is 2. The molecular formula is C20H23ClN6O5S3. The predicted molar refractivity (Wildman–Crippen MR) is 133 cm³/mol. The molecule has 35 heavy (non-hydrogen) atoms. The number of nitrogens with one attached hydrogen (secondary N) is 2. The van der Waals surface area contributed by atoms with Crippen molar-refractivity contribution in [1.82, 2.24) is 24.7 Å². The fraction of sp³-hybridized carbons (Fsp3) is 0.450. The van der Waals surface area contributed by atoms with Crippen LogP contribution in [0.1, 0.15) is 30.6 Å². The van der Waals surface area contributed by atoms with E-state index in [1.54, 1.807) is 12.1 Å². The van der Waals surface area contributed by atoms with Crippen molar-refractivity contribution in [3.63, 3.8) is 0 Å². The molecule has 0 saturated carbocycles. The van der Waals surface area contributed by atoms with E-state index in [2.05, 4.69) is 20.2 Å². The van der Waals surface area contributed by atoms with E-state index >= 15 is 0 Å². The Morgan fingerprint density at radius 3 is 2.74 bits per heavy atom. The predicted octanol–water partition coefficient (Wildman–Crippen LogP) is 1.76. The lowest BCUT2D eigenvalue weighted by atomic mass is 10.1. The molecule has 2 aliphatic rings. The van der Waals surface area contributed by atoms with Gasteiger partial charge in [0.15, 0.2) is 0 Å². The minimum Gasteiger partial charge on any atom is -0.332 e. The molecule has 2 N–H and O–H groups in total. The number of hydrogen-bond acceptors (Lipinski definition) is 9. The maximum absolute atomic E-state index is 13.0. The van der Waals surface area contributed by atoms with Crippen LogP contribution < -0.4 is 10.0 Å². The first-order valence-corrected chi connectivity index (χ1v) is 14.4. The molecule has 2 fully saturated rings. The Labute approximate surface area is 215 Å². The average molecular weight is 559 g/mol. The van der Waals surface area contributed by atoms with Crippen LogP contribution in [0.5, 0.6) is 0 Å². The molecule has 0 aromatic carbocycles. The van der Waals surface area contributed by atoms with Gasteiger partial charge in [-0.3, -0.25) is 19.7 Å². The number of sulfonamides is 1. The highest BCUT2D eigenvalue weighted by molar-refractivity contribution is 7.92. The number of hydrogen-bond donors (Lipinski definition) is 2. The number of halogens is 1. The summed E-state index contributed by atoms with van der Waals surface area (Å²) in [4.78, 5) is 42.0. The van der Waals surface area contributed by atoms with E-state index in [0.29, 0.717) is 53.1 Å². The van der Waals surface area contributed by atoms with Crippen LogP contribution in [0.4, 0.5) is 5.13 Å². The van der Waals surface area contributed by atoms with Crippen molar-refractivity contribution in [2.24, 2.45) is 0 Å². The fourth-order valence-corrected chi connectivity index (χ4v) is 6.54. The number of rotatable bonds is 8. The smallest absolute Gasteiger partial charge is 0.249 e. The van der Waals surface area contributed by atoms with Gasteiger partial charge in [0.05, 0.1) is 10.9 Å². The van der Waals surface area contributed by atoms with Gasteiger partial charge in [-0.25, -0.2) is 8.42 Å². The summed E-state index contributed by atoms with van der Waals surface area (Å²) in [6.07, 6.45) is 3.45. The van der Waals surface area contributed by atoms with E-state index in [0.717, 1.165) is 5.41 Å². The van der Waals surface area contributed by atoms with E-state index in [4.69, 9.17) is 11.6 Å². The van der Waals surface area contributed by atoms with E-state index in [1.165, 1.54) is 44.1 Å². The van der Waals surface area contributed by atoms with Crippen LogP contribution >= 0.6 is 34.3 Å². The van der Waals surface area contributed by atoms with Gasteiger partial charge in [0.2, 0.25) is 32.9 Å². The summed E-state index contributed by atoms with van der Waals surface area (Å²) in [5.74, 6) is -1.16. The molecular weight excluding hydrogens is 536 g/mol. The second-order valence-electron chi connectivity index (χ2n) is 8.04. The largest absolute Gasteiger partial charge is 0.332 e. The van der Waals surface area contributed by atoms with Gasteiger partial charge in [-0.05, 0) is 43.9 Å². The Kier molecular flexibility index (Phi) is 8.16. The minimum absolute atomic E-state index is 0.219. The number of carbonyl (C=O) groups excluding carboxylic acids is 3. The number of thiophene rings is 1. The molecule has 2 aliphatic heterocycles. The fourth-order valence-electron chi connectivity index (χ4n) is 4.03. The van der Waals surface area contributed by atoms with Crippen LogP contribution in [0.3, 0.4) is 0 Å². The second-order valence-corrected chi connectivity index (χ2v) is 12.2. The van der Waals surface area contributed by atoms with E-state index in [1.807, 2.05) is 0 Å². The van der Waals surface area contributed by atoms with Crippen molar-refractivity contribution in [2.75, 3.05) is 25.0 Å². The average Bonchev–Trinajstić information content (AvgIpc) is 3.57. The molecule has 11 nitrogen and oxygen atoms in total. The third-order valence-corrected chi connectivity index (χ3v) is 8.55. The number of anilines is 1. The lowest BCUT2D eigenvalue weighted by Crippen LogP contribution is -2.55. The van der Waals surface area contributed by atoms with E-state index < -0.39 is 28.0 Å². The molecule has 15 heteroatoms. The second kappa shape index (κ2) is 11.1. The third kappa shape index (κ3) is 6.64. The zero-order valence-electron chi connectivity index (χ0n) is 18.4. The number of carbonyl (C=O) groups is 3. The summed E-state index contributed by atoms with van der Waals surface area (Å²) in [7, 11) is -3.89. The molecule has 0 spiro atoms. The molecule has 4 rings (SSSR count). The molecule has 0 aliphatic carbocycles. The molecule has 188 valence electrons. The Balaban J connectivity index is 1.35. The molecule has 2 atom stereocenters. The van der Waals surface area contributed by atoms with E-state index in [-0.39, 0.29) is 18.4 Å². The molecule has 2 aromatic rings. The SMILES string of the molecule is O=C(Nc1nncs1)[C@@H]1CCCN1C(=O)CN1CCC[C@H](NS(=O)(=O)C=Cc2ccc(Cl)s2)C1=O. The summed E-state index contributed by atoms with van der Waals surface area (Å²) in [6.45, 7) is 0.521. The van der Waals surface area contributed by atoms with Crippen molar-refractivity contribution in [3.05, 3.63) is 32.3 Å². The third-order valence-electron chi connectivity index (χ3n) is 5.63. The maximum atomic E-state index is 13.0. The van der Waals surface area contributed by atoms with Gasteiger partial charge < -0.3 is 9.80 Å². The summed E-state index contributed by atoms with van der Waals surface area (Å²) in [5.41, 5.74) is 1.49. The highest BCUT2D eigenvalue weighted by Gasteiger charge is 2.37. The van der Waals surface area contributed by atoms with Crippen molar-refractivity contribution in [1.29, 1.82) is 0 Å². The Morgan fingerprint density at radius 2 is 2.03 bits per heavy atom. The van der Waals surface area contributed by atoms with Crippen molar-refractivity contribution >= 4 is 73.2 Å². The Bertz CT molecular complexity index is 1220. The van der Waals surface area contributed by atoms with Crippen molar-refractivity contribution < 1.29 is 22.8 Å². The molecule has 2 aromatic heterocycles. The van der Waals surface area contributed by atoms with Crippen LogP contribution in [0, 0.1) is 0 Å². The lowest BCUT2D eigenvalue weighted by molar-refractivity contribution is -0.144. The summed E-state index contributed by atoms with van der Waals surface area (Å²) < 4.78 is 27.9. The van der Waals surface area contributed by atoms with Crippen LogP contribution in [0.25, 0.3) is 6.08 Å². The first kappa shape index (κ1) is 25.7. The minimum atomic E-state index is -3.89. The van der Waals surface area contributed by atoms with Gasteiger partial charge in [0.1, 0.15) is 17.6 Å². The number of nitrogens with zero attached hydrogens (tertiary/aromatic N) is 4. The number of piperidine rings is 1. The van der Waals surface area contributed by atoms with Crippen LogP contribution in [-0.2, 0) is 24.4 Å². The van der Waals surface area contributed by atoms with Crippen molar-refractivity contribution in [2.45, 2.75) is 37.8 Å². The maximum Gasteiger partial charge on any atom is 0.249 e. The van der Waals surface area contributed by atoms with Crippen molar-refractivity contribution in [3.8, 4) is 0 Å². The van der Waals surface area contributed by atoms with Gasteiger partial charge in [-0.1, -0.05) is 22.9 Å². The molecule has 0 unspecified atom stereocenters. The highest BCUT2D eigenvalue weighted by atomic mass is 35.5. The molecule has 3 amide bonds. The standard InChI is InChI=1S/C20H23ClN6O5S3/c21-16-6-5-13(34-16)7-10-35(31,32)25-14-3-1-8-26(19(14)30)11-17(28)27-9-2-4-15(27)18(29)23-20-24-22-12-33-20/h5-7,10,12,14-15,25H,1-4,8-9,11H2,(H,23,24,29)/t14-,15-/m0/s1. The van der Waals surface area contributed by atoms with Crippen LogP contribution in [-0.4, -0.2) is 77.9 Å². The Hall–Kier alpha value is -2.39. The van der Waals surface area contributed by atoms with Gasteiger partial charge >= 0.3 is 0 Å². The van der Waals surface area contributed by atoms with Gasteiger partial charge in [-0.2, -0.15) is 4.72 Å². The molecule has 0 bridgehead atoms. The van der Waals surface area contributed by atoms with Gasteiger partial charge in [0, 0.05) is 23.4 Å². The first-order chi connectivity index (χ1) is 16.7. The molecule has 4 heterocycles. The zero-order chi connectivity index (χ0) is 25.0. The normalized spacial score (nSPS) is 21.1. The van der Waals surface area contributed by atoms with Crippen LogP contribution in [0.15, 0.2) is 23.1 Å². The molecule has 2 saturated heterocycles. The highest BCUT2D eigenvalue weighted by Crippen LogP contribution is 2.23. The van der Waals surface area contributed by atoms with Crippen LogP contribution in [0.2, 0.25) is 4.34 Å². The van der Waals surface area contributed by atoms with Gasteiger partial charge in [-0.15, -0.1) is 21.5 Å². The quantitative estimate of drug-likeness (QED) is 0.503. The lowest BCUT2D eigenvalue weighted by Gasteiger charge is -2.33. The Morgan fingerprint density at radius 1 is 1.23 bits per heavy atom. The zero-order valence-corrected chi connectivity index (χ0v) is 21.6. The van der Waals surface area contributed by atoms with E-state index in [9.17, 15) is 22.8 Å². The monoisotopic (exact) mass is 558 g/mol. The summed E-state index contributed by atoms with van der Waals surface area (Å²) >= 11 is 8.27. The van der Waals surface area contributed by atoms with Gasteiger partial charge in [0.25, 0.3) is 0 Å².